The quantitative estimate of drug-likeness (QED) is 0.650. The molecule has 0 unspecified atom stereocenters. The lowest BCUT2D eigenvalue weighted by Crippen LogP contribution is -2.59. The minimum absolute atomic E-state index is 0.0797. The fraction of sp³-hybridized carbons (Fsp3) is 0.643. The number of nitrogens with zero attached hydrogens (tertiary/aromatic N) is 4. The molecule has 1 saturated carbocycles. The maximum atomic E-state index is 13.9. The molecule has 196 valence electrons. The van der Waals surface area contributed by atoms with E-state index in [9.17, 15) is 9.59 Å². The van der Waals surface area contributed by atoms with Crippen molar-refractivity contribution in [1.82, 2.24) is 24.6 Å². The first-order valence-corrected chi connectivity index (χ1v) is 14.1. The average Bonchev–Trinajstić information content (AvgIpc) is 3.33. The van der Waals surface area contributed by atoms with Crippen LogP contribution >= 0.6 is 11.6 Å². The molecular formula is C28H40ClN5O2. The highest BCUT2D eigenvalue weighted by Gasteiger charge is 2.37. The Balaban J connectivity index is 1.29. The predicted molar refractivity (Wildman–Crippen MR) is 144 cm³/mol. The number of hydrogen-bond acceptors (Lipinski definition) is 4. The SMILES string of the molecule is C[C@H](C(=O)N1CCN(C2CCN(C)CC2)CC1)N(C(=O)c1cc2cc(Cl)ccc2[nH]1)C1CCCCC1. The standard InChI is InChI=1S/C28H40ClN5O2/c1-20(27(35)33-16-14-32(15-17-33)23-10-12-31(2)13-11-23)34(24-6-4-3-5-7-24)28(36)26-19-21-18-22(29)8-9-25(21)30-26/h8-9,18-20,23-24,30H,3-7,10-17H2,1-2H3/t20-/m1/s1. The largest absolute Gasteiger partial charge is 0.351 e. The zero-order chi connectivity index (χ0) is 25.2. The molecule has 2 aromatic rings. The molecular weight excluding hydrogens is 474 g/mol. The molecule has 1 aliphatic carbocycles. The van der Waals surface area contributed by atoms with Crippen LogP contribution in [-0.2, 0) is 4.79 Å². The lowest BCUT2D eigenvalue weighted by atomic mass is 9.92. The van der Waals surface area contributed by atoms with Gasteiger partial charge in [0.05, 0.1) is 0 Å². The second kappa shape index (κ2) is 11.1. The highest BCUT2D eigenvalue weighted by molar-refractivity contribution is 6.31. The summed E-state index contributed by atoms with van der Waals surface area (Å²) in [4.78, 5) is 39.8. The number of piperazine rings is 1. The smallest absolute Gasteiger partial charge is 0.271 e. The van der Waals surface area contributed by atoms with Gasteiger partial charge in [-0.05, 0) is 77.0 Å². The van der Waals surface area contributed by atoms with Crippen LogP contribution in [0.5, 0.6) is 0 Å². The van der Waals surface area contributed by atoms with E-state index in [4.69, 9.17) is 11.6 Å². The molecule has 2 saturated heterocycles. The maximum Gasteiger partial charge on any atom is 0.271 e. The number of rotatable bonds is 5. The molecule has 1 N–H and O–H groups in total. The molecule has 36 heavy (non-hydrogen) atoms. The molecule has 2 aliphatic heterocycles. The summed E-state index contributed by atoms with van der Waals surface area (Å²) in [5, 5.41) is 1.56. The Labute approximate surface area is 219 Å². The summed E-state index contributed by atoms with van der Waals surface area (Å²) < 4.78 is 0. The van der Waals surface area contributed by atoms with E-state index in [-0.39, 0.29) is 17.9 Å². The van der Waals surface area contributed by atoms with Crippen molar-refractivity contribution >= 4 is 34.3 Å². The van der Waals surface area contributed by atoms with Crippen LogP contribution < -0.4 is 0 Å². The van der Waals surface area contributed by atoms with E-state index in [2.05, 4.69) is 21.8 Å². The molecule has 3 heterocycles. The van der Waals surface area contributed by atoms with Crippen molar-refractivity contribution in [3.63, 3.8) is 0 Å². The molecule has 3 aliphatic rings. The lowest BCUT2D eigenvalue weighted by Gasteiger charge is -2.44. The molecule has 0 bridgehead atoms. The number of aromatic nitrogens is 1. The van der Waals surface area contributed by atoms with Crippen LogP contribution in [0, 0.1) is 0 Å². The summed E-state index contributed by atoms with van der Waals surface area (Å²) in [7, 11) is 2.19. The number of hydrogen-bond donors (Lipinski definition) is 1. The normalized spacial score (nSPS) is 22.1. The van der Waals surface area contributed by atoms with Gasteiger partial charge in [0, 0.05) is 54.2 Å². The first-order valence-electron chi connectivity index (χ1n) is 13.7. The van der Waals surface area contributed by atoms with Crippen molar-refractivity contribution in [2.45, 2.75) is 70.0 Å². The van der Waals surface area contributed by atoms with Crippen molar-refractivity contribution in [2.75, 3.05) is 46.3 Å². The Hall–Kier alpha value is -2.09. The van der Waals surface area contributed by atoms with Crippen molar-refractivity contribution in [2.24, 2.45) is 0 Å². The molecule has 0 spiro atoms. The number of piperidine rings is 1. The van der Waals surface area contributed by atoms with Gasteiger partial charge in [-0.25, -0.2) is 0 Å². The van der Waals surface area contributed by atoms with Gasteiger partial charge in [0.1, 0.15) is 11.7 Å². The Morgan fingerprint density at radius 1 is 0.972 bits per heavy atom. The number of amides is 2. The number of halogens is 1. The summed E-state index contributed by atoms with van der Waals surface area (Å²) in [5.41, 5.74) is 1.42. The van der Waals surface area contributed by atoms with E-state index in [0.717, 1.165) is 75.9 Å². The third kappa shape index (κ3) is 5.43. The van der Waals surface area contributed by atoms with Crippen LogP contribution in [0.15, 0.2) is 24.3 Å². The Bertz CT molecular complexity index is 1070. The molecule has 7 nitrogen and oxygen atoms in total. The molecule has 5 rings (SSSR count). The second-order valence-corrected chi connectivity index (χ2v) is 11.4. The Morgan fingerprint density at radius 3 is 2.36 bits per heavy atom. The molecule has 1 aromatic heterocycles. The van der Waals surface area contributed by atoms with Crippen molar-refractivity contribution < 1.29 is 9.59 Å². The number of H-pyrrole nitrogens is 1. The van der Waals surface area contributed by atoms with Crippen molar-refractivity contribution in [1.29, 1.82) is 0 Å². The fourth-order valence-corrected chi connectivity index (χ4v) is 6.61. The van der Waals surface area contributed by atoms with Crippen LogP contribution in [0.25, 0.3) is 10.9 Å². The van der Waals surface area contributed by atoms with Gasteiger partial charge in [-0.15, -0.1) is 0 Å². The summed E-state index contributed by atoms with van der Waals surface area (Å²) in [6.07, 6.45) is 7.74. The number of fused-ring (bicyclic) bond motifs is 1. The first-order chi connectivity index (χ1) is 17.4. The van der Waals surface area contributed by atoms with E-state index in [1.165, 1.54) is 19.3 Å². The summed E-state index contributed by atoms with van der Waals surface area (Å²) in [6, 6.07) is 7.71. The molecule has 0 radical (unpaired) electrons. The molecule has 1 atom stereocenters. The third-order valence-corrected chi connectivity index (χ3v) is 8.86. The molecule has 3 fully saturated rings. The Morgan fingerprint density at radius 2 is 1.67 bits per heavy atom. The van der Waals surface area contributed by atoms with Gasteiger partial charge >= 0.3 is 0 Å². The van der Waals surface area contributed by atoms with Crippen molar-refractivity contribution in [3.05, 3.63) is 35.0 Å². The maximum absolute atomic E-state index is 13.9. The first kappa shape index (κ1) is 25.6. The Kier molecular flexibility index (Phi) is 7.89. The summed E-state index contributed by atoms with van der Waals surface area (Å²) in [6.45, 7) is 7.57. The number of likely N-dealkylation sites (tertiary alicyclic amines) is 1. The van der Waals surface area contributed by atoms with Gasteiger partial charge < -0.3 is 19.7 Å². The third-order valence-electron chi connectivity index (χ3n) is 8.62. The molecule has 8 heteroatoms. The number of nitrogens with one attached hydrogen (secondary N) is 1. The van der Waals surface area contributed by atoms with Gasteiger partial charge in [-0.1, -0.05) is 30.9 Å². The zero-order valence-electron chi connectivity index (χ0n) is 21.7. The van der Waals surface area contributed by atoms with Crippen molar-refractivity contribution in [3.8, 4) is 0 Å². The zero-order valence-corrected chi connectivity index (χ0v) is 22.5. The van der Waals surface area contributed by atoms with E-state index in [1.807, 2.05) is 41.0 Å². The number of aromatic amines is 1. The number of carbonyl (C=O) groups is 2. The highest BCUT2D eigenvalue weighted by atomic mass is 35.5. The lowest BCUT2D eigenvalue weighted by molar-refractivity contribution is -0.138. The average molecular weight is 514 g/mol. The van der Waals surface area contributed by atoms with E-state index in [1.54, 1.807) is 0 Å². The van der Waals surface area contributed by atoms with E-state index >= 15 is 0 Å². The van der Waals surface area contributed by atoms with Gasteiger partial charge in [-0.2, -0.15) is 0 Å². The summed E-state index contributed by atoms with van der Waals surface area (Å²) in [5.74, 6) is -0.00357. The topological polar surface area (TPSA) is 62.9 Å². The van der Waals surface area contributed by atoms with Gasteiger partial charge in [-0.3, -0.25) is 14.5 Å². The second-order valence-electron chi connectivity index (χ2n) is 11.0. The van der Waals surface area contributed by atoms with Gasteiger partial charge in [0.2, 0.25) is 5.91 Å². The van der Waals surface area contributed by atoms with Gasteiger partial charge in [0.15, 0.2) is 0 Å². The molecule has 2 amide bonds. The number of carbonyl (C=O) groups excluding carboxylic acids is 2. The van der Waals surface area contributed by atoms with Gasteiger partial charge in [0.25, 0.3) is 5.91 Å². The van der Waals surface area contributed by atoms with E-state index < -0.39 is 6.04 Å². The van der Waals surface area contributed by atoms with Crippen LogP contribution in [0.1, 0.15) is 62.4 Å². The highest BCUT2D eigenvalue weighted by Crippen LogP contribution is 2.28. The monoisotopic (exact) mass is 513 g/mol. The van der Waals surface area contributed by atoms with Crippen LogP contribution in [0.4, 0.5) is 0 Å². The summed E-state index contributed by atoms with van der Waals surface area (Å²) >= 11 is 6.17. The van der Waals surface area contributed by atoms with Crippen LogP contribution in [0.2, 0.25) is 5.02 Å². The van der Waals surface area contributed by atoms with E-state index in [0.29, 0.717) is 16.8 Å². The minimum atomic E-state index is -0.481. The molecule has 1 aromatic carbocycles. The fourth-order valence-electron chi connectivity index (χ4n) is 6.43. The van der Waals surface area contributed by atoms with Crippen LogP contribution in [0.3, 0.4) is 0 Å². The number of benzene rings is 1. The van der Waals surface area contributed by atoms with Crippen LogP contribution in [-0.4, -0.2) is 101 Å². The minimum Gasteiger partial charge on any atom is -0.351 e. The predicted octanol–water partition coefficient (Wildman–Crippen LogP) is 4.22.